The molecule has 0 radical (unpaired) electrons. The highest BCUT2D eigenvalue weighted by molar-refractivity contribution is 7.18. The van der Waals surface area contributed by atoms with Crippen molar-refractivity contribution in [3.05, 3.63) is 63.1 Å². The van der Waals surface area contributed by atoms with Crippen LogP contribution in [-0.2, 0) is 0 Å². The number of thiazole rings is 1. The Labute approximate surface area is 166 Å². The van der Waals surface area contributed by atoms with Gasteiger partial charge in [0, 0.05) is 37.7 Å². The summed E-state index contributed by atoms with van der Waals surface area (Å²) in [5, 5.41) is 15.1. The number of hydrogen-bond acceptors (Lipinski definition) is 6. The molecule has 1 saturated heterocycles. The summed E-state index contributed by atoms with van der Waals surface area (Å²) >= 11 is 1.68. The number of piperidine rings is 1. The number of anilines is 1. The van der Waals surface area contributed by atoms with Crippen LogP contribution in [0.25, 0.3) is 10.2 Å². The van der Waals surface area contributed by atoms with Crippen molar-refractivity contribution >= 4 is 38.8 Å². The Morgan fingerprint density at radius 3 is 2.89 bits per heavy atom. The van der Waals surface area contributed by atoms with Crippen LogP contribution in [0.4, 0.5) is 11.4 Å². The molecule has 2 heterocycles. The van der Waals surface area contributed by atoms with Gasteiger partial charge in [0.2, 0.25) is 0 Å². The number of nitrogens with one attached hydrogen (secondary N) is 1. The number of fused-ring (bicyclic) bond motifs is 1. The summed E-state index contributed by atoms with van der Waals surface area (Å²) in [5.74, 6) is 0.0261. The van der Waals surface area contributed by atoms with Crippen molar-refractivity contribution in [2.45, 2.75) is 18.8 Å². The number of rotatable bonds is 4. The van der Waals surface area contributed by atoms with Gasteiger partial charge in [0.15, 0.2) is 0 Å². The number of nitro groups is 1. The lowest BCUT2D eigenvalue weighted by atomic mass is 9.98. The number of nitrogens with zero attached hydrogens (tertiary/aromatic N) is 3. The van der Waals surface area contributed by atoms with E-state index in [1.165, 1.54) is 6.07 Å². The molecule has 1 amide bonds. The summed E-state index contributed by atoms with van der Waals surface area (Å²) in [6.45, 7) is 1.24. The number of nitro benzene ring substituents is 1. The summed E-state index contributed by atoms with van der Waals surface area (Å²) in [6.07, 6.45) is 1.88. The Morgan fingerprint density at radius 1 is 1.32 bits per heavy atom. The molecule has 0 bridgehead atoms. The van der Waals surface area contributed by atoms with Crippen molar-refractivity contribution in [2.24, 2.45) is 0 Å². The third-order valence-electron chi connectivity index (χ3n) is 5.08. The molecule has 3 aromatic rings. The van der Waals surface area contributed by atoms with Crippen LogP contribution in [-0.4, -0.2) is 40.9 Å². The van der Waals surface area contributed by atoms with Gasteiger partial charge in [-0.15, -0.1) is 11.3 Å². The summed E-state index contributed by atoms with van der Waals surface area (Å²) < 4.78 is 1.15. The minimum absolute atomic E-state index is 0.0897. The van der Waals surface area contributed by atoms with Crippen LogP contribution >= 0.6 is 11.3 Å². The second-order valence-corrected chi connectivity index (χ2v) is 7.91. The predicted octanol–water partition coefficient (Wildman–Crippen LogP) is 4.27. The predicted molar refractivity (Wildman–Crippen MR) is 110 cm³/mol. The first-order valence-corrected chi connectivity index (χ1v) is 9.99. The van der Waals surface area contributed by atoms with E-state index in [1.54, 1.807) is 35.4 Å². The number of benzene rings is 2. The van der Waals surface area contributed by atoms with Crippen molar-refractivity contribution in [3.8, 4) is 0 Å². The van der Waals surface area contributed by atoms with Crippen LogP contribution < -0.4 is 5.32 Å². The van der Waals surface area contributed by atoms with Gasteiger partial charge in [-0.25, -0.2) is 4.98 Å². The van der Waals surface area contributed by atoms with E-state index < -0.39 is 4.92 Å². The van der Waals surface area contributed by atoms with Crippen molar-refractivity contribution in [1.29, 1.82) is 0 Å². The third-order valence-corrected chi connectivity index (χ3v) is 6.28. The molecule has 0 saturated carbocycles. The van der Waals surface area contributed by atoms with Gasteiger partial charge < -0.3 is 10.2 Å². The average molecular weight is 396 g/mol. The molecule has 2 aromatic carbocycles. The molecule has 7 nitrogen and oxygen atoms in total. The maximum absolute atomic E-state index is 13.0. The fourth-order valence-corrected chi connectivity index (χ4v) is 4.73. The molecule has 4 rings (SSSR count). The Balaban J connectivity index is 1.56. The molecule has 1 atom stereocenters. The fourth-order valence-electron chi connectivity index (χ4n) is 3.64. The minimum Gasteiger partial charge on any atom is -0.383 e. The molecule has 8 heteroatoms. The molecule has 1 aliphatic heterocycles. The van der Waals surface area contributed by atoms with E-state index in [1.807, 2.05) is 18.2 Å². The minimum atomic E-state index is -0.470. The van der Waals surface area contributed by atoms with Crippen LogP contribution in [0.2, 0.25) is 0 Å². The van der Waals surface area contributed by atoms with Crippen LogP contribution in [0.5, 0.6) is 0 Å². The van der Waals surface area contributed by atoms with Crippen LogP contribution in [0.1, 0.15) is 34.1 Å². The number of amides is 1. The van der Waals surface area contributed by atoms with Gasteiger partial charge in [0.05, 0.1) is 20.1 Å². The fraction of sp³-hybridized carbons (Fsp3) is 0.300. The highest BCUT2D eigenvalue weighted by Crippen LogP contribution is 2.34. The van der Waals surface area contributed by atoms with E-state index in [0.717, 1.165) is 28.1 Å². The molecule has 0 aliphatic carbocycles. The van der Waals surface area contributed by atoms with E-state index in [2.05, 4.69) is 11.4 Å². The lowest BCUT2D eigenvalue weighted by Gasteiger charge is -2.32. The normalized spacial score (nSPS) is 16.9. The molecular formula is C20H20N4O3S. The highest BCUT2D eigenvalue weighted by atomic mass is 32.1. The zero-order valence-electron chi connectivity index (χ0n) is 15.4. The van der Waals surface area contributed by atoms with Crippen molar-refractivity contribution in [1.82, 2.24) is 9.88 Å². The first kappa shape index (κ1) is 18.4. The zero-order valence-corrected chi connectivity index (χ0v) is 16.2. The summed E-state index contributed by atoms with van der Waals surface area (Å²) in [4.78, 5) is 30.3. The van der Waals surface area contributed by atoms with Crippen molar-refractivity contribution in [3.63, 3.8) is 0 Å². The smallest absolute Gasteiger partial charge is 0.293 e. The third kappa shape index (κ3) is 3.43. The number of likely N-dealkylation sites (tertiary alicyclic amines) is 1. The molecule has 1 N–H and O–H groups in total. The van der Waals surface area contributed by atoms with Gasteiger partial charge in [-0.1, -0.05) is 12.1 Å². The van der Waals surface area contributed by atoms with Gasteiger partial charge in [0.25, 0.3) is 11.6 Å². The highest BCUT2D eigenvalue weighted by Gasteiger charge is 2.28. The number of carbonyl (C=O) groups excluding carboxylic acids is 1. The number of para-hydroxylation sites is 1. The lowest BCUT2D eigenvalue weighted by Crippen LogP contribution is -2.39. The number of hydrogen-bond donors (Lipinski definition) is 1. The maximum atomic E-state index is 13.0. The molecule has 144 valence electrons. The molecule has 0 unspecified atom stereocenters. The molecule has 1 fully saturated rings. The van der Waals surface area contributed by atoms with Crippen LogP contribution in [0, 0.1) is 10.1 Å². The first-order chi connectivity index (χ1) is 13.6. The molecule has 1 aromatic heterocycles. The van der Waals surface area contributed by atoms with E-state index in [9.17, 15) is 14.9 Å². The SMILES string of the molecule is CNc1ccc(C(=O)N2CCC[C@H](c3nc4ccccc4s3)C2)cc1[N+](=O)[O-]. The topological polar surface area (TPSA) is 88.4 Å². The average Bonchev–Trinajstić information content (AvgIpc) is 3.17. The van der Waals surface area contributed by atoms with Crippen molar-refractivity contribution in [2.75, 3.05) is 25.5 Å². The van der Waals surface area contributed by atoms with Gasteiger partial charge in [-0.05, 0) is 37.1 Å². The zero-order chi connectivity index (χ0) is 19.7. The second kappa shape index (κ2) is 7.55. The summed E-state index contributed by atoms with van der Waals surface area (Å²) in [7, 11) is 1.62. The van der Waals surface area contributed by atoms with Crippen LogP contribution in [0.3, 0.4) is 0 Å². The van der Waals surface area contributed by atoms with Gasteiger partial charge in [-0.3, -0.25) is 14.9 Å². The van der Waals surface area contributed by atoms with Gasteiger partial charge >= 0.3 is 0 Å². The monoisotopic (exact) mass is 396 g/mol. The van der Waals surface area contributed by atoms with E-state index in [-0.39, 0.29) is 17.5 Å². The van der Waals surface area contributed by atoms with E-state index >= 15 is 0 Å². The molecule has 0 spiro atoms. The number of aromatic nitrogens is 1. The Bertz CT molecular complexity index is 1020. The van der Waals surface area contributed by atoms with Crippen LogP contribution in [0.15, 0.2) is 42.5 Å². The Hall–Kier alpha value is -3.00. The Kier molecular flexibility index (Phi) is 4.95. The van der Waals surface area contributed by atoms with Crippen molar-refractivity contribution < 1.29 is 9.72 Å². The Morgan fingerprint density at radius 2 is 2.14 bits per heavy atom. The summed E-state index contributed by atoms with van der Waals surface area (Å²) in [5.41, 5.74) is 1.64. The molecular weight excluding hydrogens is 376 g/mol. The van der Waals surface area contributed by atoms with Gasteiger partial charge in [0.1, 0.15) is 5.69 Å². The molecule has 1 aliphatic rings. The summed E-state index contributed by atoms with van der Waals surface area (Å²) in [6, 6.07) is 12.6. The quantitative estimate of drug-likeness (QED) is 0.526. The largest absolute Gasteiger partial charge is 0.383 e. The first-order valence-electron chi connectivity index (χ1n) is 9.17. The second-order valence-electron chi connectivity index (χ2n) is 6.85. The number of carbonyl (C=O) groups is 1. The van der Waals surface area contributed by atoms with E-state index in [4.69, 9.17) is 4.98 Å². The van der Waals surface area contributed by atoms with Gasteiger partial charge in [-0.2, -0.15) is 0 Å². The maximum Gasteiger partial charge on any atom is 0.293 e. The lowest BCUT2D eigenvalue weighted by molar-refractivity contribution is -0.384. The standard InChI is InChI=1S/C20H20N4O3S/c1-21-15-9-8-13(11-17(15)24(26)27)20(25)23-10-4-5-14(12-23)19-22-16-6-2-3-7-18(16)28-19/h2-3,6-9,11,14,21H,4-5,10,12H2,1H3/t14-/m0/s1. The van der Waals surface area contributed by atoms with E-state index in [0.29, 0.717) is 24.3 Å². The molecule has 28 heavy (non-hydrogen) atoms.